The van der Waals surface area contributed by atoms with Crippen LogP contribution in [0, 0.1) is 13.8 Å². The highest BCUT2D eigenvalue weighted by molar-refractivity contribution is 7.99. The first-order valence-electron chi connectivity index (χ1n) is 10.2. The Morgan fingerprint density at radius 3 is 2.17 bits per heavy atom. The molecule has 2 aromatic carbocycles. The molecule has 0 aliphatic rings. The molecule has 0 spiro atoms. The number of hydrogen-bond donors (Lipinski definition) is 0. The summed E-state index contributed by atoms with van der Waals surface area (Å²) in [6, 6.07) is 18.2. The van der Waals surface area contributed by atoms with Gasteiger partial charge in [-0.15, -0.1) is 0 Å². The first-order chi connectivity index (χ1) is 14.3. The van der Waals surface area contributed by atoms with E-state index in [1.807, 2.05) is 38.9 Å². The van der Waals surface area contributed by atoms with E-state index in [4.69, 9.17) is 4.42 Å². The van der Waals surface area contributed by atoms with Gasteiger partial charge >= 0.3 is 0 Å². The van der Waals surface area contributed by atoms with Gasteiger partial charge in [0.1, 0.15) is 0 Å². The number of carbonyl (C=O) groups is 1. The molecule has 0 bridgehead atoms. The van der Waals surface area contributed by atoms with Crippen LogP contribution < -0.4 is 4.90 Å². The molecular formula is C25H30N2O2S. The van der Waals surface area contributed by atoms with E-state index in [2.05, 4.69) is 61.2 Å². The molecule has 0 atom stereocenters. The smallest absolute Gasteiger partial charge is 0.290 e. The highest BCUT2D eigenvalue weighted by Gasteiger charge is 2.22. The Morgan fingerprint density at radius 1 is 0.967 bits per heavy atom. The van der Waals surface area contributed by atoms with Crippen LogP contribution in [0.25, 0.3) is 0 Å². The summed E-state index contributed by atoms with van der Waals surface area (Å²) < 4.78 is 5.94. The molecule has 0 aliphatic heterocycles. The lowest BCUT2D eigenvalue weighted by atomic mass is 10.1. The van der Waals surface area contributed by atoms with Crippen molar-refractivity contribution in [3.63, 3.8) is 0 Å². The van der Waals surface area contributed by atoms with Crippen LogP contribution in [0.3, 0.4) is 0 Å². The molecule has 1 heterocycles. The maximum atomic E-state index is 13.2. The summed E-state index contributed by atoms with van der Waals surface area (Å²) in [5, 5.41) is 0.731. The fourth-order valence-electron chi connectivity index (χ4n) is 3.28. The molecule has 0 unspecified atom stereocenters. The van der Waals surface area contributed by atoms with Gasteiger partial charge in [-0.1, -0.05) is 42.1 Å². The number of aryl methyl sites for hydroxylation is 2. The maximum absolute atomic E-state index is 13.2. The highest BCUT2D eigenvalue weighted by atomic mass is 32.2. The lowest BCUT2D eigenvalue weighted by Gasteiger charge is -2.26. The van der Waals surface area contributed by atoms with Crippen LogP contribution in [-0.4, -0.2) is 30.9 Å². The number of hydrogen-bond acceptors (Lipinski definition) is 4. The Kier molecular flexibility index (Phi) is 6.93. The molecule has 1 aromatic heterocycles. The molecule has 0 N–H and O–H groups in total. The van der Waals surface area contributed by atoms with Crippen molar-refractivity contribution in [2.75, 3.05) is 19.0 Å². The summed E-state index contributed by atoms with van der Waals surface area (Å²) >= 11 is 1.57. The van der Waals surface area contributed by atoms with E-state index in [1.165, 1.54) is 16.0 Å². The number of furan rings is 1. The predicted octanol–water partition coefficient (Wildman–Crippen LogP) is 6.16. The van der Waals surface area contributed by atoms with Crippen LogP contribution in [-0.2, 0) is 6.54 Å². The number of nitrogens with zero attached hydrogens (tertiary/aromatic N) is 2. The first-order valence-corrected chi connectivity index (χ1v) is 11.0. The van der Waals surface area contributed by atoms with E-state index in [9.17, 15) is 4.79 Å². The summed E-state index contributed by atoms with van der Waals surface area (Å²) in [7, 11) is 4.04. The minimum atomic E-state index is -0.0879. The van der Waals surface area contributed by atoms with Crippen molar-refractivity contribution in [1.29, 1.82) is 0 Å². The van der Waals surface area contributed by atoms with Crippen molar-refractivity contribution >= 4 is 23.4 Å². The predicted molar refractivity (Wildman–Crippen MR) is 125 cm³/mol. The van der Waals surface area contributed by atoms with Gasteiger partial charge in [0.25, 0.3) is 5.91 Å². The van der Waals surface area contributed by atoms with Crippen molar-refractivity contribution < 1.29 is 9.21 Å². The summed E-state index contributed by atoms with van der Waals surface area (Å²) in [5.41, 5.74) is 4.64. The van der Waals surface area contributed by atoms with E-state index in [0.717, 1.165) is 16.3 Å². The number of anilines is 1. The Labute approximate surface area is 183 Å². The zero-order valence-corrected chi connectivity index (χ0v) is 19.4. The standard InChI is InChI=1S/C25H30N2O2S/c1-17(2)27(16-20-10-12-21(13-11-20)26(5)6)25(28)22-14-15-23(29-22)30-24-18(3)8-7-9-19(24)4/h7-15,17H,16H2,1-6H3. The molecule has 0 aliphatic carbocycles. The van der Waals surface area contributed by atoms with Gasteiger partial charge in [0.05, 0.1) is 0 Å². The van der Waals surface area contributed by atoms with E-state index in [1.54, 1.807) is 17.8 Å². The van der Waals surface area contributed by atoms with Crippen molar-refractivity contribution in [3.05, 3.63) is 77.0 Å². The zero-order chi connectivity index (χ0) is 21.8. The van der Waals surface area contributed by atoms with Gasteiger partial charge in [-0.25, -0.2) is 0 Å². The second-order valence-electron chi connectivity index (χ2n) is 8.03. The highest BCUT2D eigenvalue weighted by Crippen LogP contribution is 2.34. The third-order valence-corrected chi connectivity index (χ3v) is 6.36. The van der Waals surface area contributed by atoms with Crippen LogP contribution in [0.4, 0.5) is 5.69 Å². The molecule has 0 saturated carbocycles. The van der Waals surface area contributed by atoms with Gasteiger partial charge in [0, 0.05) is 37.3 Å². The largest absolute Gasteiger partial charge is 0.444 e. The second-order valence-corrected chi connectivity index (χ2v) is 9.04. The molecule has 1 amide bonds. The Morgan fingerprint density at radius 2 is 1.60 bits per heavy atom. The van der Waals surface area contributed by atoms with Gasteiger partial charge < -0.3 is 14.2 Å². The van der Waals surface area contributed by atoms with Gasteiger partial charge in [-0.3, -0.25) is 4.79 Å². The topological polar surface area (TPSA) is 36.7 Å². The Balaban J connectivity index is 1.76. The van der Waals surface area contributed by atoms with Crippen LogP contribution in [0.5, 0.6) is 0 Å². The quantitative estimate of drug-likeness (QED) is 0.457. The third-order valence-electron chi connectivity index (χ3n) is 5.09. The van der Waals surface area contributed by atoms with Gasteiger partial charge in [-0.2, -0.15) is 0 Å². The molecule has 4 nitrogen and oxygen atoms in total. The van der Waals surface area contributed by atoms with Gasteiger partial charge in [0.15, 0.2) is 10.9 Å². The maximum Gasteiger partial charge on any atom is 0.290 e. The normalized spacial score (nSPS) is 11.0. The minimum absolute atomic E-state index is 0.0610. The first kappa shape index (κ1) is 22.0. The summed E-state index contributed by atoms with van der Waals surface area (Å²) in [6.07, 6.45) is 0. The molecule has 3 aromatic rings. The number of rotatable bonds is 7. The number of benzene rings is 2. The minimum Gasteiger partial charge on any atom is -0.444 e. The lowest BCUT2D eigenvalue weighted by molar-refractivity contribution is 0.0652. The van der Waals surface area contributed by atoms with Gasteiger partial charge in [-0.05, 0) is 68.7 Å². The number of amides is 1. The zero-order valence-electron chi connectivity index (χ0n) is 18.6. The molecule has 0 fully saturated rings. The summed E-state index contributed by atoms with van der Waals surface area (Å²) in [5.74, 6) is 0.289. The lowest BCUT2D eigenvalue weighted by Crippen LogP contribution is -2.36. The van der Waals surface area contributed by atoms with Crippen LogP contribution in [0.1, 0.15) is 41.1 Å². The summed E-state index contributed by atoms with van der Waals surface area (Å²) in [4.78, 5) is 18.3. The fraction of sp³-hybridized carbons (Fsp3) is 0.320. The number of carbonyl (C=O) groups excluding carboxylic acids is 1. The Hall–Kier alpha value is -2.66. The van der Waals surface area contributed by atoms with Crippen molar-refractivity contribution in [1.82, 2.24) is 4.90 Å². The van der Waals surface area contributed by atoms with E-state index in [0.29, 0.717) is 12.3 Å². The van der Waals surface area contributed by atoms with E-state index < -0.39 is 0 Å². The van der Waals surface area contributed by atoms with Crippen LogP contribution >= 0.6 is 11.8 Å². The molecule has 158 valence electrons. The SMILES string of the molecule is Cc1cccc(C)c1Sc1ccc(C(=O)N(Cc2ccc(N(C)C)cc2)C(C)C)o1. The molecule has 5 heteroatoms. The Bertz CT molecular complexity index is 986. The second kappa shape index (κ2) is 9.43. The molecule has 0 radical (unpaired) electrons. The molecule has 0 saturated heterocycles. The average Bonchev–Trinajstić information content (AvgIpc) is 3.17. The molecule has 30 heavy (non-hydrogen) atoms. The molecule has 3 rings (SSSR count). The average molecular weight is 423 g/mol. The van der Waals surface area contributed by atoms with Gasteiger partial charge in [0.2, 0.25) is 0 Å². The van der Waals surface area contributed by atoms with Crippen molar-refractivity contribution in [2.24, 2.45) is 0 Å². The van der Waals surface area contributed by atoms with E-state index in [-0.39, 0.29) is 11.9 Å². The van der Waals surface area contributed by atoms with Crippen molar-refractivity contribution in [3.8, 4) is 0 Å². The van der Waals surface area contributed by atoms with E-state index >= 15 is 0 Å². The third kappa shape index (κ3) is 5.08. The van der Waals surface area contributed by atoms with Crippen LogP contribution in [0.15, 0.2) is 69.0 Å². The van der Waals surface area contributed by atoms with Crippen molar-refractivity contribution in [2.45, 2.75) is 50.3 Å². The fourth-order valence-corrected chi connectivity index (χ4v) is 4.20. The monoisotopic (exact) mass is 422 g/mol. The molecular weight excluding hydrogens is 392 g/mol. The van der Waals surface area contributed by atoms with Crippen LogP contribution in [0.2, 0.25) is 0 Å². The summed E-state index contributed by atoms with van der Waals surface area (Å²) in [6.45, 7) is 8.78.